The predicted molar refractivity (Wildman–Crippen MR) is 63.8 cm³/mol. The van der Waals surface area contributed by atoms with Crippen molar-refractivity contribution in [3.05, 3.63) is 39.9 Å². The summed E-state index contributed by atoms with van der Waals surface area (Å²) < 4.78 is 5.72. The minimum absolute atomic E-state index is 0.118. The Morgan fingerprint density at radius 2 is 2.41 bits per heavy atom. The van der Waals surface area contributed by atoms with Crippen LogP contribution in [0.5, 0.6) is 0 Å². The summed E-state index contributed by atoms with van der Waals surface area (Å²) in [5.41, 5.74) is 0.970. The van der Waals surface area contributed by atoms with E-state index in [1.807, 2.05) is 6.07 Å². The second-order valence-corrected chi connectivity index (χ2v) is 4.21. The van der Waals surface area contributed by atoms with E-state index in [9.17, 15) is 10.1 Å². The van der Waals surface area contributed by atoms with Gasteiger partial charge in [-0.05, 0) is 24.9 Å². The fraction of sp³-hybridized carbons (Fsp3) is 0.500. The van der Waals surface area contributed by atoms with Crippen LogP contribution in [0.1, 0.15) is 18.4 Å². The molecule has 5 heteroatoms. The van der Waals surface area contributed by atoms with Gasteiger partial charge in [-0.1, -0.05) is 12.1 Å². The molecule has 0 unspecified atom stereocenters. The van der Waals surface area contributed by atoms with Crippen molar-refractivity contribution < 1.29 is 9.66 Å². The van der Waals surface area contributed by atoms with E-state index in [1.54, 1.807) is 12.1 Å². The second kappa shape index (κ2) is 5.75. The van der Waals surface area contributed by atoms with Gasteiger partial charge in [0.15, 0.2) is 0 Å². The van der Waals surface area contributed by atoms with Gasteiger partial charge in [0.25, 0.3) is 5.69 Å². The highest BCUT2D eigenvalue weighted by Crippen LogP contribution is 2.15. The van der Waals surface area contributed by atoms with Gasteiger partial charge in [0.2, 0.25) is 0 Å². The number of nitro benzene ring substituents is 1. The Labute approximate surface area is 99.9 Å². The standard InChI is InChI=1S/C12H16N2O3/c15-14(16)11-4-1-3-10(7-11)9-17-12-5-2-6-13-8-12/h1,3-4,7,12-13H,2,5-6,8-9H2/t12-/m0/s1. The Balaban J connectivity index is 1.89. The third kappa shape index (κ3) is 3.51. The average molecular weight is 236 g/mol. The molecule has 1 fully saturated rings. The van der Waals surface area contributed by atoms with Gasteiger partial charge >= 0.3 is 0 Å². The molecule has 0 radical (unpaired) electrons. The number of nitrogens with one attached hydrogen (secondary N) is 1. The number of piperidine rings is 1. The fourth-order valence-electron chi connectivity index (χ4n) is 1.94. The van der Waals surface area contributed by atoms with Crippen LogP contribution in [0, 0.1) is 10.1 Å². The molecule has 1 heterocycles. The van der Waals surface area contributed by atoms with Crippen molar-refractivity contribution in [3.63, 3.8) is 0 Å². The van der Waals surface area contributed by atoms with Gasteiger partial charge in [-0.3, -0.25) is 10.1 Å². The molecule has 1 aliphatic heterocycles. The quantitative estimate of drug-likeness (QED) is 0.640. The third-order valence-corrected chi connectivity index (χ3v) is 2.86. The first-order chi connectivity index (χ1) is 8.25. The van der Waals surface area contributed by atoms with Gasteiger partial charge in [-0.15, -0.1) is 0 Å². The zero-order valence-corrected chi connectivity index (χ0v) is 9.59. The number of non-ortho nitro benzene ring substituents is 1. The summed E-state index contributed by atoms with van der Waals surface area (Å²) in [6, 6.07) is 6.60. The van der Waals surface area contributed by atoms with Gasteiger partial charge in [0.05, 0.1) is 17.6 Å². The van der Waals surface area contributed by atoms with Crippen LogP contribution in [0.4, 0.5) is 5.69 Å². The summed E-state index contributed by atoms with van der Waals surface area (Å²) in [4.78, 5) is 10.2. The van der Waals surface area contributed by atoms with E-state index in [1.165, 1.54) is 6.07 Å². The first-order valence-corrected chi connectivity index (χ1v) is 5.81. The molecular formula is C12H16N2O3. The highest BCUT2D eigenvalue weighted by atomic mass is 16.6. The number of nitro groups is 1. The normalized spacial score (nSPS) is 20.1. The van der Waals surface area contributed by atoms with Crippen molar-refractivity contribution in [2.24, 2.45) is 0 Å². The Morgan fingerprint density at radius 1 is 1.53 bits per heavy atom. The third-order valence-electron chi connectivity index (χ3n) is 2.86. The zero-order valence-electron chi connectivity index (χ0n) is 9.59. The highest BCUT2D eigenvalue weighted by Gasteiger charge is 2.13. The van der Waals surface area contributed by atoms with Crippen molar-refractivity contribution in [1.82, 2.24) is 5.32 Å². The SMILES string of the molecule is O=[N+]([O-])c1cccc(CO[C@H]2CCCNC2)c1. The van der Waals surface area contributed by atoms with Crippen LogP contribution in [-0.4, -0.2) is 24.1 Å². The molecule has 1 N–H and O–H groups in total. The van der Waals surface area contributed by atoms with Crippen molar-refractivity contribution >= 4 is 5.69 Å². The molecule has 1 saturated heterocycles. The van der Waals surface area contributed by atoms with Crippen molar-refractivity contribution in [3.8, 4) is 0 Å². The van der Waals surface area contributed by atoms with Crippen LogP contribution in [0.3, 0.4) is 0 Å². The molecule has 1 atom stereocenters. The molecule has 92 valence electrons. The molecule has 0 spiro atoms. The molecule has 17 heavy (non-hydrogen) atoms. The summed E-state index contributed by atoms with van der Waals surface area (Å²) >= 11 is 0. The maximum Gasteiger partial charge on any atom is 0.269 e. The summed E-state index contributed by atoms with van der Waals surface area (Å²) in [7, 11) is 0. The molecule has 5 nitrogen and oxygen atoms in total. The summed E-state index contributed by atoms with van der Waals surface area (Å²) in [5.74, 6) is 0. The van der Waals surface area contributed by atoms with Gasteiger partial charge in [-0.2, -0.15) is 0 Å². The number of ether oxygens (including phenoxy) is 1. The maximum absolute atomic E-state index is 10.6. The minimum Gasteiger partial charge on any atom is -0.372 e. The summed E-state index contributed by atoms with van der Waals surface area (Å²) in [5, 5.41) is 13.9. The Hall–Kier alpha value is -1.46. The first kappa shape index (κ1) is 12.0. The molecule has 1 aromatic carbocycles. The smallest absolute Gasteiger partial charge is 0.269 e. The molecule has 1 aliphatic rings. The van der Waals surface area contributed by atoms with E-state index >= 15 is 0 Å². The van der Waals surface area contributed by atoms with Gasteiger partial charge < -0.3 is 10.1 Å². The van der Waals surface area contributed by atoms with Crippen molar-refractivity contribution in [2.45, 2.75) is 25.6 Å². The number of hydrogen-bond acceptors (Lipinski definition) is 4. The van der Waals surface area contributed by atoms with Crippen molar-refractivity contribution in [2.75, 3.05) is 13.1 Å². The number of rotatable bonds is 4. The number of hydrogen-bond donors (Lipinski definition) is 1. The topological polar surface area (TPSA) is 64.4 Å². The summed E-state index contributed by atoms with van der Waals surface area (Å²) in [6.07, 6.45) is 2.41. The number of benzene rings is 1. The van der Waals surface area contributed by atoms with E-state index in [4.69, 9.17) is 4.74 Å². The minimum atomic E-state index is -0.383. The van der Waals surface area contributed by atoms with E-state index in [2.05, 4.69) is 5.32 Å². The lowest BCUT2D eigenvalue weighted by atomic mass is 10.1. The molecule has 0 amide bonds. The molecule has 0 aliphatic carbocycles. The lowest BCUT2D eigenvalue weighted by Crippen LogP contribution is -2.35. The highest BCUT2D eigenvalue weighted by molar-refractivity contribution is 5.33. The molecule has 2 rings (SSSR count). The van der Waals surface area contributed by atoms with Gasteiger partial charge in [-0.25, -0.2) is 0 Å². The number of nitrogens with zero attached hydrogens (tertiary/aromatic N) is 1. The van der Waals surface area contributed by atoms with E-state index in [-0.39, 0.29) is 16.7 Å². The monoisotopic (exact) mass is 236 g/mol. The van der Waals surface area contributed by atoms with E-state index in [0.29, 0.717) is 6.61 Å². The van der Waals surface area contributed by atoms with Crippen LogP contribution in [0.2, 0.25) is 0 Å². The Morgan fingerprint density at radius 3 is 3.12 bits per heavy atom. The van der Waals surface area contributed by atoms with Crippen LogP contribution < -0.4 is 5.32 Å². The second-order valence-electron chi connectivity index (χ2n) is 4.21. The average Bonchev–Trinajstić information content (AvgIpc) is 2.38. The van der Waals surface area contributed by atoms with Crippen LogP contribution in [-0.2, 0) is 11.3 Å². The lowest BCUT2D eigenvalue weighted by molar-refractivity contribution is -0.385. The molecule has 1 aromatic rings. The molecular weight excluding hydrogens is 220 g/mol. The van der Waals surface area contributed by atoms with Gasteiger partial charge in [0, 0.05) is 18.7 Å². The van der Waals surface area contributed by atoms with Crippen LogP contribution in [0.15, 0.2) is 24.3 Å². The van der Waals surface area contributed by atoms with Crippen LogP contribution in [0.25, 0.3) is 0 Å². The zero-order chi connectivity index (χ0) is 12.1. The summed E-state index contributed by atoms with van der Waals surface area (Å²) in [6.45, 7) is 2.36. The first-order valence-electron chi connectivity index (χ1n) is 5.81. The van der Waals surface area contributed by atoms with Crippen molar-refractivity contribution in [1.29, 1.82) is 0 Å². The molecule has 0 aromatic heterocycles. The Bertz CT molecular complexity index is 389. The lowest BCUT2D eigenvalue weighted by Gasteiger charge is -2.23. The van der Waals surface area contributed by atoms with Crippen LogP contribution >= 0.6 is 0 Å². The maximum atomic E-state index is 10.6. The largest absolute Gasteiger partial charge is 0.372 e. The van der Waals surface area contributed by atoms with E-state index in [0.717, 1.165) is 31.5 Å². The molecule has 0 saturated carbocycles. The molecule has 0 bridgehead atoms. The Kier molecular flexibility index (Phi) is 4.06. The predicted octanol–water partition coefficient (Wildman–Crippen LogP) is 1.86. The van der Waals surface area contributed by atoms with E-state index < -0.39 is 0 Å². The van der Waals surface area contributed by atoms with Gasteiger partial charge in [0.1, 0.15) is 0 Å². The fourth-order valence-corrected chi connectivity index (χ4v) is 1.94.